The maximum Gasteiger partial charge on any atom is 0.313 e. The van der Waals surface area contributed by atoms with Gasteiger partial charge in [0.25, 0.3) is 0 Å². The van der Waals surface area contributed by atoms with Crippen molar-refractivity contribution in [3.8, 4) is 0 Å². The fourth-order valence-corrected chi connectivity index (χ4v) is 0.933. The van der Waals surface area contributed by atoms with E-state index in [0.29, 0.717) is 0 Å². The Balaban J connectivity index is 4.35. The van der Waals surface area contributed by atoms with E-state index in [1.54, 1.807) is 0 Å². The average molecular weight is 171 g/mol. The van der Waals surface area contributed by atoms with Crippen molar-refractivity contribution in [2.24, 2.45) is 0 Å². The van der Waals surface area contributed by atoms with Crippen LogP contribution in [0, 0.1) is 0 Å². The average Bonchev–Trinajstić information content (AvgIpc) is 1.86. The van der Waals surface area contributed by atoms with Crippen LogP contribution in [-0.4, -0.2) is 32.8 Å². The monoisotopic (exact) mass is 171 g/mol. The van der Waals surface area contributed by atoms with Crippen molar-refractivity contribution in [1.29, 1.82) is 0 Å². The van der Waals surface area contributed by atoms with Gasteiger partial charge in [0, 0.05) is 0 Å². The third kappa shape index (κ3) is 2.20. The molecule has 0 saturated heterocycles. The Kier molecular flexibility index (Phi) is 3.20. The number of rotatable bonds is 3. The van der Waals surface area contributed by atoms with E-state index < -0.39 is 15.5 Å². The minimum absolute atomic E-state index is 0.961. The van der Waals surface area contributed by atoms with Crippen molar-refractivity contribution in [2.45, 2.75) is 12.3 Å². The summed E-state index contributed by atoms with van der Waals surface area (Å²) in [7, 11) is -1.01. The SMILES string of the molecule is CC(N(C)C)S(=O)(=O)OF. The minimum atomic E-state index is -4.04. The lowest BCUT2D eigenvalue weighted by Gasteiger charge is -2.15. The van der Waals surface area contributed by atoms with Gasteiger partial charge in [-0.15, -0.1) is 0 Å². The third-order valence-electron chi connectivity index (χ3n) is 1.23. The fraction of sp³-hybridized carbons (Fsp3) is 1.00. The second-order valence-corrected chi connectivity index (χ2v) is 3.91. The molecule has 0 aliphatic carbocycles. The van der Waals surface area contributed by atoms with Gasteiger partial charge in [-0.1, -0.05) is 4.39 Å². The van der Waals surface area contributed by atoms with Gasteiger partial charge in [0.2, 0.25) is 0 Å². The summed E-state index contributed by atoms with van der Waals surface area (Å²) in [4.78, 5) is 1.33. The van der Waals surface area contributed by atoms with Crippen LogP contribution >= 0.6 is 0 Å². The summed E-state index contributed by atoms with van der Waals surface area (Å²) in [6.07, 6.45) is 0. The zero-order chi connectivity index (χ0) is 8.36. The van der Waals surface area contributed by atoms with Gasteiger partial charge >= 0.3 is 10.1 Å². The standard InChI is InChI=1S/C4H10FNO3S/c1-4(6(2)3)10(7,8)9-5/h4H,1-3H3. The topological polar surface area (TPSA) is 46.6 Å². The quantitative estimate of drug-likeness (QED) is 0.605. The van der Waals surface area contributed by atoms with Crippen LogP contribution in [0.3, 0.4) is 0 Å². The third-order valence-corrected chi connectivity index (χ3v) is 2.67. The van der Waals surface area contributed by atoms with Crippen molar-refractivity contribution in [3.05, 3.63) is 0 Å². The maximum absolute atomic E-state index is 11.3. The Morgan fingerprint density at radius 2 is 1.90 bits per heavy atom. The minimum Gasteiger partial charge on any atom is -0.292 e. The van der Waals surface area contributed by atoms with E-state index >= 15 is 0 Å². The first kappa shape index (κ1) is 9.80. The molecule has 6 heteroatoms. The molecule has 0 aliphatic heterocycles. The molecule has 0 aromatic rings. The van der Waals surface area contributed by atoms with Gasteiger partial charge in [0.1, 0.15) is 5.37 Å². The Morgan fingerprint density at radius 3 is 2.00 bits per heavy atom. The smallest absolute Gasteiger partial charge is 0.292 e. The van der Waals surface area contributed by atoms with Crippen LogP contribution in [0.1, 0.15) is 6.92 Å². The summed E-state index contributed by atoms with van der Waals surface area (Å²) in [6.45, 7) is 1.33. The molecule has 0 N–H and O–H groups in total. The van der Waals surface area contributed by atoms with E-state index in [1.807, 2.05) is 0 Å². The predicted molar refractivity (Wildman–Crippen MR) is 34.3 cm³/mol. The highest BCUT2D eigenvalue weighted by Gasteiger charge is 2.23. The molecule has 0 aromatic heterocycles. The lowest BCUT2D eigenvalue weighted by molar-refractivity contribution is -0.00145. The van der Waals surface area contributed by atoms with Crippen LogP contribution in [0.5, 0.6) is 0 Å². The Morgan fingerprint density at radius 1 is 1.50 bits per heavy atom. The van der Waals surface area contributed by atoms with Crippen molar-refractivity contribution in [2.75, 3.05) is 14.1 Å². The lowest BCUT2D eigenvalue weighted by atomic mass is 10.7. The van der Waals surface area contributed by atoms with Gasteiger partial charge < -0.3 is 0 Å². The zero-order valence-corrected chi connectivity index (χ0v) is 6.85. The number of hydrogen-bond acceptors (Lipinski definition) is 4. The van der Waals surface area contributed by atoms with E-state index in [-0.39, 0.29) is 0 Å². The van der Waals surface area contributed by atoms with Gasteiger partial charge in [-0.2, -0.15) is 8.42 Å². The largest absolute Gasteiger partial charge is 0.313 e. The molecule has 0 rings (SSSR count). The normalized spacial score (nSPS) is 15.7. The van der Waals surface area contributed by atoms with E-state index in [0.717, 1.165) is 0 Å². The summed E-state index contributed by atoms with van der Waals surface area (Å²) in [6, 6.07) is 0. The molecule has 0 bridgehead atoms. The molecule has 0 radical (unpaired) electrons. The number of halogens is 1. The van der Waals surface area contributed by atoms with Crippen LogP contribution in [0.15, 0.2) is 0 Å². The molecule has 0 amide bonds. The van der Waals surface area contributed by atoms with Crippen LogP contribution < -0.4 is 0 Å². The molecular formula is C4H10FNO3S. The van der Waals surface area contributed by atoms with Crippen LogP contribution in [0.2, 0.25) is 0 Å². The summed E-state index contributed by atoms with van der Waals surface area (Å²) in [5.74, 6) is 0. The molecule has 1 atom stereocenters. The molecule has 10 heavy (non-hydrogen) atoms. The highest BCUT2D eigenvalue weighted by Crippen LogP contribution is 2.05. The Hall–Kier alpha value is -0.200. The molecule has 4 nitrogen and oxygen atoms in total. The van der Waals surface area contributed by atoms with Gasteiger partial charge in [-0.05, 0) is 25.5 Å². The van der Waals surface area contributed by atoms with Gasteiger partial charge in [0.15, 0.2) is 0 Å². The molecule has 0 aliphatic rings. The van der Waals surface area contributed by atoms with Crippen molar-refractivity contribution in [1.82, 2.24) is 4.90 Å². The molecule has 0 heterocycles. The van der Waals surface area contributed by atoms with Crippen molar-refractivity contribution >= 4 is 10.1 Å². The number of hydrogen-bond donors (Lipinski definition) is 0. The lowest BCUT2D eigenvalue weighted by Crippen LogP contribution is -2.32. The van der Waals surface area contributed by atoms with Crippen LogP contribution in [0.4, 0.5) is 4.53 Å². The van der Waals surface area contributed by atoms with Gasteiger partial charge in [-0.25, -0.2) is 0 Å². The fourth-order valence-electron chi connectivity index (χ4n) is 0.311. The second kappa shape index (κ2) is 3.27. The van der Waals surface area contributed by atoms with E-state index in [1.165, 1.54) is 25.9 Å². The summed E-state index contributed by atoms with van der Waals surface area (Å²) in [5, 5.41) is -0.961. The predicted octanol–water partition coefficient (Wildman–Crippen LogP) is 0.125. The molecule has 1 unspecified atom stereocenters. The zero-order valence-electron chi connectivity index (χ0n) is 6.04. The summed E-state index contributed by atoms with van der Waals surface area (Å²) >= 11 is 0. The first-order valence-corrected chi connectivity index (χ1v) is 4.09. The van der Waals surface area contributed by atoms with E-state index in [4.69, 9.17) is 0 Å². The number of nitrogens with zero attached hydrogens (tertiary/aromatic N) is 1. The first-order chi connectivity index (χ1) is 4.41. The highest BCUT2D eigenvalue weighted by atomic mass is 32.2. The van der Waals surface area contributed by atoms with Crippen LogP contribution in [-0.2, 0) is 14.5 Å². The van der Waals surface area contributed by atoms with Gasteiger partial charge in [0.05, 0.1) is 0 Å². The van der Waals surface area contributed by atoms with Crippen molar-refractivity contribution < 1.29 is 17.3 Å². The molecule has 0 aromatic carbocycles. The second-order valence-electron chi connectivity index (χ2n) is 2.12. The highest BCUT2D eigenvalue weighted by molar-refractivity contribution is 7.87. The van der Waals surface area contributed by atoms with Gasteiger partial charge in [-0.3, -0.25) is 4.90 Å². The van der Waals surface area contributed by atoms with Crippen LogP contribution in [0.25, 0.3) is 0 Å². The Labute approximate surface area is 59.6 Å². The molecule has 0 spiro atoms. The molecule has 62 valence electrons. The summed E-state index contributed by atoms with van der Waals surface area (Å²) < 4.78 is 35.1. The first-order valence-electron chi connectivity index (χ1n) is 2.62. The van der Waals surface area contributed by atoms with E-state index in [9.17, 15) is 12.9 Å². The maximum atomic E-state index is 11.3. The molecular weight excluding hydrogens is 161 g/mol. The van der Waals surface area contributed by atoms with E-state index in [2.05, 4.69) is 4.39 Å². The van der Waals surface area contributed by atoms with Crippen molar-refractivity contribution in [3.63, 3.8) is 0 Å². The molecule has 0 saturated carbocycles. The Bertz CT molecular complexity index is 189. The molecule has 0 fully saturated rings. The summed E-state index contributed by atoms with van der Waals surface area (Å²) in [5.41, 5.74) is 0.